The summed E-state index contributed by atoms with van der Waals surface area (Å²) in [6.07, 6.45) is 0. The van der Waals surface area contributed by atoms with Crippen LogP contribution in [0.25, 0.3) is 0 Å². The van der Waals surface area contributed by atoms with Gasteiger partial charge in [0.2, 0.25) is 0 Å². The van der Waals surface area contributed by atoms with Crippen molar-refractivity contribution >= 4 is 6.03 Å². The lowest BCUT2D eigenvalue weighted by Gasteiger charge is -2.19. The Hall–Kier alpha value is -1.91. The molecular formula is C14H22N2O3. The lowest BCUT2D eigenvalue weighted by Crippen LogP contribution is -2.39. The predicted molar refractivity (Wildman–Crippen MR) is 74.7 cm³/mol. The molecular weight excluding hydrogens is 244 g/mol. The van der Waals surface area contributed by atoms with Crippen molar-refractivity contribution in [2.75, 3.05) is 27.3 Å². The van der Waals surface area contributed by atoms with E-state index in [0.29, 0.717) is 31.1 Å². The molecule has 1 rings (SSSR count). The van der Waals surface area contributed by atoms with Crippen LogP contribution in [0.1, 0.15) is 19.4 Å². The molecule has 0 saturated heterocycles. The van der Waals surface area contributed by atoms with Gasteiger partial charge in [0.15, 0.2) is 0 Å². The average molecular weight is 266 g/mol. The Bertz CT molecular complexity index is 395. The zero-order valence-corrected chi connectivity index (χ0v) is 12.0. The van der Waals surface area contributed by atoms with E-state index in [1.54, 1.807) is 25.2 Å². The number of ether oxygens (including phenoxy) is 2. The van der Waals surface area contributed by atoms with Crippen molar-refractivity contribution in [2.24, 2.45) is 0 Å². The van der Waals surface area contributed by atoms with Gasteiger partial charge in [0.25, 0.3) is 0 Å². The molecule has 1 aromatic carbocycles. The molecule has 0 unspecified atom stereocenters. The Balaban J connectivity index is 2.69. The largest absolute Gasteiger partial charge is 0.497 e. The molecule has 1 aromatic rings. The standard InChI is InChI=1S/C14H22N2O3/c1-5-16(6-2)14(17)15-10-11-7-12(18-3)9-13(8-11)19-4/h7-9H,5-6,10H2,1-4H3,(H,15,17). The van der Waals surface area contributed by atoms with Crippen LogP contribution in [-0.4, -0.2) is 38.2 Å². The van der Waals surface area contributed by atoms with Gasteiger partial charge in [0.1, 0.15) is 11.5 Å². The van der Waals surface area contributed by atoms with Crippen LogP contribution in [0, 0.1) is 0 Å². The van der Waals surface area contributed by atoms with Gasteiger partial charge in [0.05, 0.1) is 14.2 Å². The van der Waals surface area contributed by atoms with Crippen molar-refractivity contribution in [1.29, 1.82) is 0 Å². The number of carbonyl (C=O) groups excluding carboxylic acids is 1. The number of nitrogens with zero attached hydrogens (tertiary/aromatic N) is 1. The molecule has 0 aliphatic carbocycles. The van der Waals surface area contributed by atoms with Crippen molar-refractivity contribution < 1.29 is 14.3 Å². The molecule has 0 saturated carbocycles. The summed E-state index contributed by atoms with van der Waals surface area (Å²) >= 11 is 0. The molecule has 106 valence electrons. The van der Waals surface area contributed by atoms with E-state index in [1.807, 2.05) is 26.0 Å². The summed E-state index contributed by atoms with van der Waals surface area (Å²) in [5.41, 5.74) is 0.941. The molecule has 5 nitrogen and oxygen atoms in total. The third-order valence-electron chi connectivity index (χ3n) is 2.91. The quantitative estimate of drug-likeness (QED) is 0.859. The van der Waals surface area contributed by atoms with Crippen LogP contribution in [0.2, 0.25) is 0 Å². The highest BCUT2D eigenvalue weighted by Crippen LogP contribution is 2.22. The van der Waals surface area contributed by atoms with E-state index in [0.717, 1.165) is 5.56 Å². The second-order valence-corrected chi connectivity index (χ2v) is 4.05. The molecule has 2 amide bonds. The SMILES string of the molecule is CCN(CC)C(=O)NCc1cc(OC)cc(OC)c1. The lowest BCUT2D eigenvalue weighted by atomic mass is 10.2. The van der Waals surface area contributed by atoms with E-state index < -0.39 is 0 Å². The van der Waals surface area contributed by atoms with Gasteiger partial charge in [-0.05, 0) is 31.5 Å². The smallest absolute Gasteiger partial charge is 0.317 e. The number of benzene rings is 1. The van der Waals surface area contributed by atoms with Gasteiger partial charge < -0.3 is 19.7 Å². The minimum absolute atomic E-state index is 0.0632. The second kappa shape index (κ2) is 7.51. The lowest BCUT2D eigenvalue weighted by molar-refractivity contribution is 0.203. The van der Waals surface area contributed by atoms with Crippen molar-refractivity contribution in [1.82, 2.24) is 10.2 Å². The first kappa shape index (κ1) is 15.1. The van der Waals surface area contributed by atoms with Gasteiger partial charge in [-0.25, -0.2) is 4.79 Å². The number of amides is 2. The Morgan fingerprint density at radius 2 is 1.63 bits per heavy atom. The summed E-state index contributed by atoms with van der Waals surface area (Å²) in [7, 11) is 3.21. The molecule has 0 aliphatic rings. The topological polar surface area (TPSA) is 50.8 Å². The first-order valence-electron chi connectivity index (χ1n) is 6.39. The number of methoxy groups -OCH3 is 2. The average Bonchev–Trinajstić information content (AvgIpc) is 2.45. The normalized spacial score (nSPS) is 9.89. The number of nitrogens with one attached hydrogen (secondary N) is 1. The fourth-order valence-corrected chi connectivity index (χ4v) is 1.77. The molecule has 0 radical (unpaired) electrons. The van der Waals surface area contributed by atoms with Crippen molar-refractivity contribution in [3.8, 4) is 11.5 Å². The van der Waals surface area contributed by atoms with Gasteiger partial charge >= 0.3 is 6.03 Å². The van der Waals surface area contributed by atoms with Gasteiger partial charge in [-0.3, -0.25) is 0 Å². The van der Waals surface area contributed by atoms with E-state index in [9.17, 15) is 4.79 Å². The van der Waals surface area contributed by atoms with E-state index >= 15 is 0 Å². The maximum Gasteiger partial charge on any atom is 0.317 e. The van der Waals surface area contributed by atoms with Crippen LogP contribution in [0.15, 0.2) is 18.2 Å². The zero-order chi connectivity index (χ0) is 14.3. The molecule has 19 heavy (non-hydrogen) atoms. The summed E-state index contributed by atoms with van der Waals surface area (Å²) in [6, 6.07) is 5.50. The summed E-state index contributed by atoms with van der Waals surface area (Å²) in [5.74, 6) is 1.43. The summed E-state index contributed by atoms with van der Waals surface area (Å²) in [5, 5.41) is 2.88. The molecule has 5 heteroatoms. The van der Waals surface area contributed by atoms with Gasteiger partial charge in [-0.15, -0.1) is 0 Å². The first-order valence-corrected chi connectivity index (χ1v) is 6.39. The third kappa shape index (κ3) is 4.35. The van der Waals surface area contributed by atoms with Gasteiger partial charge in [-0.1, -0.05) is 0 Å². The van der Waals surface area contributed by atoms with E-state index in [4.69, 9.17) is 9.47 Å². The molecule has 0 spiro atoms. The highest BCUT2D eigenvalue weighted by molar-refractivity contribution is 5.74. The van der Waals surface area contributed by atoms with E-state index in [-0.39, 0.29) is 6.03 Å². The first-order chi connectivity index (χ1) is 9.14. The molecule has 0 aliphatic heterocycles. The maximum absolute atomic E-state index is 11.8. The number of carbonyl (C=O) groups is 1. The van der Waals surface area contributed by atoms with Crippen LogP contribution in [0.3, 0.4) is 0 Å². The number of hydrogen-bond donors (Lipinski definition) is 1. The fraction of sp³-hybridized carbons (Fsp3) is 0.500. The Morgan fingerprint density at radius 1 is 1.11 bits per heavy atom. The third-order valence-corrected chi connectivity index (χ3v) is 2.91. The summed E-state index contributed by atoms with van der Waals surface area (Å²) < 4.78 is 10.4. The van der Waals surface area contributed by atoms with Crippen LogP contribution >= 0.6 is 0 Å². The minimum atomic E-state index is -0.0632. The van der Waals surface area contributed by atoms with Crippen LogP contribution in [-0.2, 0) is 6.54 Å². The van der Waals surface area contributed by atoms with Crippen molar-refractivity contribution in [3.63, 3.8) is 0 Å². The van der Waals surface area contributed by atoms with E-state index in [1.165, 1.54) is 0 Å². The van der Waals surface area contributed by atoms with Crippen LogP contribution < -0.4 is 14.8 Å². The van der Waals surface area contributed by atoms with Crippen LogP contribution in [0.5, 0.6) is 11.5 Å². The number of urea groups is 1. The Morgan fingerprint density at radius 3 is 2.05 bits per heavy atom. The maximum atomic E-state index is 11.8. The highest BCUT2D eigenvalue weighted by atomic mass is 16.5. The fourth-order valence-electron chi connectivity index (χ4n) is 1.77. The van der Waals surface area contributed by atoms with E-state index in [2.05, 4.69) is 5.32 Å². The highest BCUT2D eigenvalue weighted by Gasteiger charge is 2.09. The zero-order valence-electron chi connectivity index (χ0n) is 12.0. The molecule has 1 N–H and O–H groups in total. The van der Waals surface area contributed by atoms with Gasteiger partial charge in [0, 0.05) is 25.7 Å². The Kier molecular flexibility index (Phi) is 5.99. The number of hydrogen-bond acceptors (Lipinski definition) is 3. The second-order valence-electron chi connectivity index (χ2n) is 4.05. The monoisotopic (exact) mass is 266 g/mol. The summed E-state index contributed by atoms with van der Waals surface area (Å²) in [6.45, 7) is 5.76. The minimum Gasteiger partial charge on any atom is -0.497 e. The van der Waals surface area contributed by atoms with Crippen LogP contribution in [0.4, 0.5) is 4.79 Å². The number of rotatable bonds is 6. The van der Waals surface area contributed by atoms with Crippen molar-refractivity contribution in [2.45, 2.75) is 20.4 Å². The molecule has 0 aromatic heterocycles. The van der Waals surface area contributed by atoms with Crippen molar-refractivity contribution in [3.05, 3.63) is 23.8 Å². The predicted octanol–water partition coefficient (Wildman–Crippen LogP) is 2.26. The Labute approximate surface area is 114 Å². The molecule has 0 atom stereocenters. The molecule has 0 fully saturated rings. The summed E-state index contributed by atoms with van der Waals surface area (Å²) in [4.78, 5) is 13.6. The van der Waals surface area contributed by atoms with Gasteiger partial charge in [-0.2, -0.15) is 0 Å². The molecule has 0 heterocycles. The molecule has 0 bridgehead atoms.